The summed E-state index contributed by atoms with van der Waals surface area (Å²) >= 11 is 0. The number of hydrogen-bond donors (Lipinski definition) is 2. The summed E-state index contributed by atoms with van der Waals surface area (Å²) in [5.74, 6) is 0.673. The van der Waals surface area contributed by atoms with Crippen molar-refractivity contribution in [3.05, 3.63) is 29.8 Å². The van der Waals surface area contributed by atoms with Gasteiger partial charge in [0.25, 0.3) is 0 Å². The SMILES string of the molecule is CC(C)(C)c1ccccc1NC(=O)CC1CCNCC1. The van der Waals surface area contributed by atoms with Crippen LogP contribution in [0.25, 0.3) is 0 Å². The Labute approximate surface area is 122 Å². The van der Waals surface area contributed by atoms with Gasteiger partial charge in [-0.25, -0.2) is 0 Å². The van der Waals surface area contributed by atoms with Crippen LogP contribution in [0.3, 0.4) is 0 Å². The second-order valence-electron chi connectivity index (χ2n) is 6.74. The van der Waals surface area contributed by atoms with Crippen molar-refractivity contribution in [1.82, 2.24) is 5.32 Å². The van der Waals surface area contributed by atoms with Gasteiger partial charge in [-0.15, -0.1) is 0 Å². The van der Waals surface area contributed by atoms with Gasteiger partial charge in [0.05, 0.1) is 0 Å². The van der Waals surface area contributed by atoms with Gasteiger partial charge in [-0.2, -0.15) is 0 Å². The summed E-state index contributed by atoms with van der Waals surface area (Å²) in [7, 11) is 0. The number of para-hydroxylation sites is 1. The first kappa shape index (κ1) is 15.0. The molecule has 110 valence electrons. The third-order valence-corrected chi connectivity index (χ3v) is 3.94. The zero-order chi connectivity index (χ0) is 14.6. The molecule has 1 aromatic rings. The molecule has 3 nitrogen and oxygen atoms in total. The van der Waals surface area contributed by atoms with Crippen LogP contribution >= 0.6 is 0 Å². The lowest BCUT2D eigenvalue weighted by molar-refractivity contribution is -0.117. The summed E-state index contributed by atoms with van der Waals surface area (Å²) < 4.78 is 0. The molecular formula is C17H26N2O. The molecular weight excluding hydrogens is 248 g/mol. The van der Waals surface area contributed by atoms with Crippen LogP contribution in [-0.2, 0) is 10.2 Å². The molecule has 1 aromatic carbocycles. The lowest BCUT2D eigenvalue weighted by Crippen LogP contribution is -2.30. The number of piperidine rings is 1. The van der Waals surface area contributed by atoms with Crippen molar-refractivity contribution in [2.24, 2.45) is 5.92 Å². The van der Waals surface area contributed by atoms with E-state index in [1.807, 2.05) is 18.2 Å². The summed E-state index contributed by atoms with van der Waals surface area (Å²) in [6.07, 6.45) is 2.85. The molecule has 1 aliphatic rings. The number of amides is 1. The van der Waals surface area contributed by atoms with Crippen LogP contribution in [0.4, 0.5) is 5.69 Å². The van der Waals surface area contributed by atoms with Crippen molar-refractivity contribution in [1.29, 1.82) is 0 Å². The molecule has 0 aromatic heterocycles. The minimum Gasteiger partial charge on any atom is -0.326 e. The molecule has 0 atom stereocenters. The highest BCUT2D eigenvalue weighted by molar-refractivity contribution is 5.91. The molecule has 1 amide bonds. The average Bonchev–Trinajstić information content (AvgIpc) is 2.39. The third-order valence-electron chi connectivity index (χ3n) is 3.94. The van der Waals surface area contributed by atoms with E-state index >= 15 is 0 Å². The van der Waals surface area contributed by atoms with Gasteiger partial charge in [0.1, 0.15) is 0 Å². The van der Waals surface area contributed by atoms with Gasteiger partial charge in [-0.1, -0.05) is 39.0 Å². The lowest BCUT2D eigenvalue weighted by Gasteiger charge is -2.25. The molecule has 1 saturated heterocycles. The predicted molar refractivity (Wildman–Crippen MR) is 84.0 cm³/mol. The van der Waals surface area contributed by atoms with Crippen LogP contribution in [-0.4, -0.2) is 19.0 Å². The smallest absolute Gasteiger partial charge is 0.224 e. The van der Waals surface area contributed by atoms with Crippen molar-refractivity contribution in [3.8, 4) is 0 Å². The molecule has 2 N–H and O–H groups in total. The predicted octanol–water partition coefficient (Wildman–Crippen LogP) is 3.31. The Balaban J connectivity index is 2.00. The van der Waals surface area contributed by atoms with Crippen molar-refractivity contribution in [2.45, 2.75) is 45.4 Å². The fraction of sp³-hybridized carbons (Fsp3) is 0.588. The molecule has 2 rings (SSSR count). The fourth-order valence-electron chi connectivity index (χ4n) is 2.80. The van der Waals surface area contributed by atoms with E-state index in [1.54, 1.807) is 0 Å². The molecule has 0 radical (unpaired) electrons. The Morgan fingerprint density at radius 3 is 2.55 bits per heavy atom. The zero-order valence-electron chi connectivity index (χ0n) is 12.8. The standard InChI is InChI=1S/C17H26N2O/c1-17(2,3)14-6-4-5-7-15(14)19-16(20)12-13-8-10-18-11-9-13/h4-7,13,18H,8-12H2,1-3H3,(H,19,20). The van der Waals surface area contributed by atoms with Gasteiger partial charge >= 0.3 is 0 Å². The largest absolute Gasteiger partial charge is 0.326 e. The van der Waals surface area contributed by atoms with E-state index in [9.17, 15) is 4.79 Å². The van der Waals surface area contributed by atoms with E-state index in [4.69, 9.17) is 0 Å². The first-order chi connectivity index (χ1) is 9.47. The Kier molecular flexibility index (Phi) is 4.81. The second-order valence-corrected chi connectivity index (χ2v) is 6.74. The van der Waals surface area contributed by atoms with Crippen LogP contribution < -0.4 is 10.6 Å². The molecule has 0 spiro atoms. The van der Waals surface area contributed by atoms with Crippen LogP contribution in [0.1, 0.15) is 45.6 Å². The molecule has 1 fully saturated rings. The normalized spacial score (nSPS) is 16.9. The minimum absolute atomic E-state index is 0.0403. The molecule has 0 bridgehead atoms. The lowest BCUT2D eigenvalue weighted by atomic mass is 9.85. The van der Waals surface area contributed by atoms with Crippen molar-refractivity contribution < 1.29 is 4.79 Å². The van der Waals surface area contributed by atoms with Crippen LogP contribution in [0, 0.1) is 5.92 Å². The highest BCUT2D eigenvalue weighted by Gasteiger charge is 2.20. The second kappa shape index (κ2) is 6.40. The molecule has 0 aliphatic carbocycles. The van der Waals surface area contributed by atoms with Gasteiger partial charge in [-0.05, 0) is 48.9 Å². The highest BCUT2D eigenvalue weighted by atomic mass is 16.1. The third kappa shape index (κ3) is 4.07. The first-order valence-corrected chi connectivity index (χ1v) is 7.57. The van der Waals surface area contributed by atoms with Gasteiger partial charge in [0.15, 0.2) is 0 Å². The maximum Gasteiger partial charge on any atom is 0.224 e. The van der Waals surface area contributed by atoms with E-state index in [0.29, 0.717) is 12.3 Å². The van der Waals surface area contributed by atoms with Crippen molar-refractivity contribution in [2.75, 3.05) is 18.4 Å². The number of rotatable bonds is 3. The molecule has 20 heavy (non-hydrogen) atoms. The Bertz CT molecular complexity index is 456. The fourth-order valence-corrected chi connectivity index (χ4v) is 2.80. The zero-order valence-corrected chi connectivity index (χ0v) is 12.8. The minimum atomic E-state index is 0.0403. The van der Waals surface area contributed by atoms with Crippen molar-refractivity contribution in [3.63, 3.8) is 0 Å². The quantitative estimate of drug-likeness (QED) is 0.888. The Morgan fingerprint density at radius 1 is 1.25 bits per heavy atom. The van der Waals surface area contributed by atoms with Crippen molar-refractivity contribution >= 4 is 11.6 Å². The van der Waals surface area contributed by atoms with Gasteiger partial charge < -0.3 is 10.6 Å². The Morgan fingerprint density at radius 2 is 1.90 bits per heavy atom. The van der Waals surface area contributed by atoms with E-state index < -0.39 is 0 Å². The average molecular weight is 274 g/mol. The maximum atomic E-state index is 12.2. The Hall–Kier alpha value is -1.35. The van der Waals surface area contributed by atoms with Gasteiger partial charge in [0.2, 0.25) is 5.91 Å². The summed E-state index contributed by atoms with van der Waals surface area (Å²) in [6, 6.07) is 8.11. The van der Waals surface area contributed by atoms with Crippen LogP contribution in [0.5, 0.6) is 0 Å². The summed E-state index contributed by atoms with van der Waals surface area (Å²) in [5, 5.41) is 6.44. The summed E-state index contributed by atoms with van der Waals surface area (Å²) in [6.45, 7) is 8.59. The van der Waals surface area contributed by atoms with E-state index in [1.165, 1.54) is 5.56 Å². The molecule has 1 aliphatic heterocycles. The summed E-state index contributed by atoms with van der Waals surface area (Å²) in [5.41, 5.74) is 2.19. The van der Waals surface area contributed by atoms with Gasteiger partial charge in [-0.3, -0.25) is 4.79 Å². The number of hydrogen-bond acceptors (Lipinski definition) is 2. The van der Waals surface area contributed by atoms with Crippen LogP contribution in [0.2, 0.25) is 0 Å². The summed E-state index contributed by atoms with van der Waals surface area (Å²) in [4.78, 5) is 12.2. The number of anilines is 1. The van der Waals surface area contributed by atoms with E-state index in [2.05, 4.69) is 37.5 Å². The number of benzene rings is 1. The number of carbonyl (C=O) groups excluding carboxylic acids is 1. The van der Waals surface area contributed by atoms with E-state index in [0.717, 1.165) is 31.6 Å². The molecule has 0 saturated carbocycles. The molecule has 3 heteroatoms. The van der Waals surface area contributed by atoms with Gasteiger partial charge in [0, 0.05) is 12.1 Å². The molecule has 1 heterocycles. The first-order valence-electron chi connectivity index (χ1n) is 7.57. The van der Waals surface area contributed by atoms with Crippen LogP contribution in [0.15, 0.2) is 24.3 Å². The highest BCUT2D eigenvalue weighted by Crippen LogP contribution is 2.29. The monoisotopic (exact) mass is 274 g/mol. The number of nitrogens with one attached hydrogen (secondary N) is 2. The number of carbonyl (C=O) groups is 1. The molecule has 0 unspecified atom stereocenters. The topological polar surface area (TPSA) is 41.1 Å². The maximum absolute atomic E-state index is 12.2. The van der Waals surface area contributed by atoms with E-state index in [-0.39, 0.29) is 11.3 Å².